The molecular formula is C16H19N3O3S. The third-order valence-corrected chi connectivity index (χ3v) is 4.49. The van der Waals surface area contributed by atoms with Crippen molar-refractivity contribution in [3.8, 4) is 0 Å². The molecule has 2 N–H and O–H groups in total. The summed E-state index contributed by atoms with van der Waals surface area (Å²) < 4.78 is 1.61. The minimum atomic E-state index is -0.474. The van der Waals surface area contributed by atoms with E-state index in [-0.39, 0.29) is 17.2 Å². The molecule has 0 fully saturated rings. The van der Waals surface area contributed by atoms with Crippen LogP contribution in [0.25, 0.3) is 0 Å². The first-order valence-corrected chi connectivity index (χ1v) is 8.04. The summed E-state index contributed by atoms with van der Waals surface area (Å²) in [7, 11) is 1.72. The number of nitrogens with zero attached hydrogens (tertiary/aromatic N) is 2. The Bertz CT molecular complexity index is 762. The van der Waals surface area contributed by atoms with Crippen molar-refractivity contribution < 1.29 is 9.59 Å². The Balaban J connectivity index is 1.92. The summed E-state index contributed by atoms with van der Waals surface area (Å²) in [6.07, 6.45) is 0.271. The van der Waals surface area contributed by atoms with Crippen LogP contribution in [0.5, 0.6) is 0 Å². The van der Waals surface area contributed by atoms with Gasteiger partial charge in [-0.3, -0.25) is 14.4 Å². The predicted molar refractivity (Wildman–Crippen MR) is 89.4 cm³/mol. The van der Waals surface area contributed by atoms with E-state index in [1.54, 1.807) is 46.2 Å². The van der Waals surface area contributed by atoms with Gasteiger partial charge in [-0.05, 0) is 24.6 Å². The number of aryl methyl sites for hydroxylation is 1. The Morgan fingerprint density at radius 1 is 1.26 bits per heavy atom. The maximum Gasteiger partial charge on any atom is 0.307 e. The van der Waals surface area contributed by atoms with Gasteiger partial charge in [0, 0.05) is 43.2 Å². The zero-order valence-electron chi connectivity index (χ0n) is 13.1. The van der Waals surface area contributed by atoms with Crippen LogP contribution in [0.3, 0.4) is 0 Å². The van der Waals surface area contributed by atoms with Crippen molar-refractivity contribution in [2.45, 2.75) is 26.4 Å². The molecule has 0 saturated carbocycles. The second-order valence-electron chi connectivity index (χ2n) is 5.36. The van der Waals surface area contributed by atoms with Crippen LogP contribution < -0.4 is 10.6 Å². The fourth-order valence-electron chi connectivity index (χ4n) is 2.21. The number of thiazole rings is 1. The maximum atomic E-state index is 12.2. The fraction of sp³-hybridized carbons (Fsp3) is 0.312. The lowest BCUT2D eigenvalue weighted by molar-refractivity contribution is -0.130. The quantitative estimate of drug-likeness (QED) is 0.866. The molecule has 1 aromatic heterocycles. The van der Waals surface area contributed by atoms with Crippen LogP contribution in [0, 0.1) is 6.92 Å². The van der Waals surface area contributed by atoms with E-state index in [1.165, 1.54) is 0 Å². The molecular weight excluding hydrogens is 314 g/mol. The molecule has 0 aliphatic rings. The molecule has 23 heavy (non-hydrogen) atoms. The maximum absolute atomic E-state index is 12.2. The number of hydrogen-bond donors (Lipinski definition) is 1. The molecule has 7 heteroatoms. The average Bonchev–Trinajstić information content (AvgIpc) is 2.84. The van der Waals surface area contributed by atoms with Gasteiger partial charge >= 0.3 is 4.87 Å². The Kier molecular flexibility index (Phi) is 5.33. The molecule has 1 heterocycles. The number of carbonyl (C=O) groups is 2. The summed E-state index contributed by atoms with van der Waals surface area (Å²) in [5.41, 5.74) is 7.42. The fourth-order valence-corrected chi connectivity index (χ4v) is 2.97. The van der Waals surface area contributed by atoms with E-state index in [1.807, 2.05) is 6.92 Å². The van der Waals surface area contributed by atoms with Crippen LogP contribution in [0.1, 0.15) is 28.0 Å². The van der Waals surface area contributed by atoms with Gasteiger partial charge in [0.15, 0.2) is 0 Å². The summed E-state index contributed by atoms with van der Waals surface area (Å²) in [5.74, 6) is -0.515. The zero-order valence-corrected chi connectivity index (χ0v) is 13.9. The van der Waals surface area contributed by atoms with Crippen molar-refractivity contribution in [2.24, 2.45) is 5.73 Å². The number of aromatic nitrogens is 1. The highest BCUT2D eigenvalue weighted by Gasteiger charge is 2.11. The largest absolute Gasteiger partial charge is 0.366 e. The Hall–Kier alpha value is -2.41. The third kappa shape index (κ3) is 4.29. The van der Waals surface area contributed by atoms with Gasteiger partial charge in [0.25, 0.3) is 0 Å². The normalized spacial score (nSPS) is 10.5. The molecule has 2 amide bonds. The van der Waals surface area contributed by atoms with E-state index < -0.39 is 5.91 Å². The molecule has 0 atom stereocenters. The number of rotatable bonds is 6. The monoisotopic (exact) mass is 333 g/mol. The SMILES string of the molecule is Cc1csc(=O)n1CCC(=O)N(C)Cc1ccc(C(N)=O)cc1. The smallest absolute Gasteiger partial charge is 0.307 e. The Labute approximate surface area is 138 Å². The van der Waals surface area contributed by atoms with Crippen molar-refractivity contribution >= 4 is 23.2 Å². The highest BCUT2D eigenvalue weighted by atomic mass is 32.1. The van der Waals surface area contributed by atoms with E-state index in [9.17, 15) is 14.4 Å². The molecule has 122 valence electrons. The lowest BCUT2D eigenvalue weighted by atomic mass is 10.1. The lowest BCUT2D eigenvalue weighted by Crippen LogP contribution is -2.28. The van der Waals surface area contributed by atoms with Gasteiger partial charge < -0.3 is 15.2 Å². The summed E-state index contributed by atoms with van der Waals surface area (Å²) >= 11 is 1.14. The van der Waals surface area contributed by atoms with Crippen LogP contribution in [-0.4, -0.2) is 28.3 Å². The van der Waals surface area contributed by atoms with Crippen molar-refractivity contribution in [1.82, 2.24) is 9.47 Å². The standard InChI is InChI=1S/C16H19N3O3S/c1-11-10-23-16(22)19(11)8-7-14(20)18(2)9-12-3-5-13(6-4-12)15(17)21/h3-6,10H,7-9H2,1-2H3,(H2,17,21). The van der Waals surface area contributed by atoms with E-state index in [2.05, 4.69) is 0 Å². The lowest BCUT2D eigenvalue weighted by Gasteiger charge is -2.17. The summed E-state index contributed by atoms with van der Waals surface area (Å²) in [6, 6.07) is 6.84. The molecule has 2 rings (SSSR count). The van der Waals surface area contributed by atoms with Gasteiger partial charge in [-0.2, -0.15) is 0 Å². The first-order chi connectivity index (χ1) is 10.9. The highest BCUT2D eigenvalue weighted by molar-refractivity contribution is 7.07. The van der Waals surface area contributed by atoms with Gasteiger partial charge in [0.1, 0.15) is 0 Å². The molecule has 0 aliphatic heterocycles. The minimum absolute atomic E-state index is 0.0403. The molecule has 2 aromatic rings. The summed E-state index contributed by atoms with van der Waals surface area (Å²) in [4.78, 5) is 36.4. The second-order valence-corrected chi connectivity index (χ2v) is 6.18. The van der Waals surface area contributed by atoms with Crippen LogP contribution in [0.15, 0.2) is 34.4 Å². The molecule has 1 aromatic carbocycles. The Morgan fingerprint density at radius 3 is 2.43 bits per heavy atom. The zero-order chi connectivity index (χ0) is 17.0. The van der Waals surface area contributed by atoms with Crippen LogP contribution in [0.4, 0.5) is 0 Å². The van der Waals surface area contributed by atoms with Crippen LogP contribution in [-0.2, 0) is 17.9 Å². The average molecular weight is 333 g/mol. The van der Waals surface area contributed by atoms with Crippen LogP contribution in [0.2, 0.25) is 0 Å². The van der Waals surface area contributed by atoms with E-state index in [4.69, 9.17) is 5.73 Å². The topological polar surface area (TPSA) is 85.4 Å². The minimum Gasteiger partial charge on any atom is -0.366 e. The molecule has 0 spiro atoms. The first kappa shape index (κ1) is 17.0. The van der Waals surface area contributed by atoms with Crippen molar-refractivity contribution in [2.75, 3.05) is 7.05 Å². The van der Waals surface area contributed by atoms with Gasteiger partial charge in [-0.1, -0.05) is 23.5 Å². The predicted octanol–water partition coefficient (Wildman–Crippen LogP) is 1.37. The van der Waals surface area contributed by atoms with Crippen molar-refractivity contribution in [3.05, 3.63) is 56.1 Å². The van der Waals surface area contributed by atoms with E-state index in [0.717, 1.165) is 22.6 Å². The van der Waals surface area contributed by atoms with Crippen molar-refractivity contribution in [3.63, 3.8) is 0 Å². The Morgan fingerprint density at radius 2 is 1.91 bits per heavy atom. The highest BCUT2D eigenvalue weighted by Crippen LogP contribution is 2.08. The summed E-state index contributed by atoms with van der Waals surface area (Å²) in [5, 5.41) is 1.79. The van der Waals surface area contributed by atoms with E-state index in [0.29, 0.717) is 18.7 Å². The van der Waals surface area contributed by atoms with Gasteiger partial charge in [-0.25, -0.2) is 0 Å². The number of primary amides is 1. The molecule has 0 unspecified atom stereocenters. The van der Waals surface area contributed by atoms with Crippen LogP contribution >= 0.6 is 11.3 Å². The molecule has 0 saturated heterocycles. The number of amides is 2. The second kappa shape index (κ2) is 7.23. The number of benzene rings is 1. The molecule has 0 bridgehead atoms. The van der Waals surface area contributed by atoms with E-state index >= 15 is 0 Å². The molecule has 6 nitrogen and oxygen atoms in total. The molecule has 0 radical (unpaired) electrons. The van der Waals surface area contributed by atoms with Gasteiger partial charge in [-0.15, -0.1) is 0 Å². The van der Waals surface area contributed by atoms with Crippen molar-refractivity contribution in [1.29, 1.82) is 0 Å². The number of carbonyl (C=O) groups excluding carboxylic acids is 2. The van der Waals surface area contributed by atoms with Gasteiger partial charge in [0.2, 0.25) is 11.8 Å². The molecule has 0 aliphatic carbocycles. The van der Waals surface area contributed by atoms with Gasteiger partial charge in [0.05, 0.1) is 0 Å². The third-order valence-electron chi connectivity index (χ3n) is 3.61. The summed E-state index contributed by atoms with van der Waals surface area (Å²) in [6.45, 7) is 2.68. The number of hydrogen-bond acceptors (Lipinski definition) is 4. The first-order valence-electron chi connectivity index (χ1n) is 7.16. The number of nitrogens with two attached hydrogens (primary N) is 1.